The Morgan fingerprint density at radius 1 is 1.23 bits per heavy atom. The number of hydrogen-bond acceptors (Lipinski definition) is 5. The van der Waals surface area contributed by atoms with Crippen LogP contribution in [0.15, 0.2) is 4.52 Å². The van der Waals surface area contributed by atoms with Crippen LogP contribution in [0.25, 0.3) is 0 Å². The summed E-state index contributed by atoms with van der Waals surface area (Å²) < 4.78 is 37.0. The zero-order chi connectivity index (χ0) is 22.8. The molecule has 2 saturated heterocycles. The first-order chi connectivity index (χ1) is 14.5. The molecule has 1 aromatic rings. The van der Waals surface area contributed by atoms with Crippen molar-refractivity contribution in [3.05, 3.63) is 17.0 Å². The topological polar surface area (TPSA) is 86.9 Å². The van der Waals surface area contributed by atoms with Crippen molar-refractivity contribution in [2.75, 3.05) is 19.6 Å². The van der Waals surface area contributed by atoms with E-state index in [0.717, 1.165) is 48.7 Å². The first kappa shape index (κ1) is 23.6. The Bertz CT molecular complexity index is 787. The molecule has 1 aliphatic carbocycles. The Morgan fingerprint density at radius 3 is 2.45 bits per heavy atom. The fraction of sp³-hybridized carbons (Fsp3) is 0.762. The van der Waals surface area contributed by atoms with Gasteiger partial charge in [-0.1, -0.05) is 5.16 Å². The standard InChI is InChI=1S/C19H29N3O2.C2HF3O2/c1-14-17(15(2)24-20-14)13-22-18(23)6-8-19(22)7-3-10-21(11-9-19)12-16-4-5-16;3-2(4,5)1(6)7/h16H,3-13H2,1-2H3;(H,6,7). The van der Waals surface area contributed by atoms with Crippen molar-refractivity contribution in [3.8, 4) is 0 Å². The van der Waals surface area contributed by atoms with E-state index < -0.39 is 12.1 Å². The van der Waals surface area contributed by atoms with Gasteiger partial charge in [0.15, 0.2) is 0 Å². The monoisotopic (exact) mass is 445 g/mol. The largest absolute Gasteiger partial charge is 0.490 e. The number of hydrogen-bond donors (Lipinski definition) is 1. The third-order valence-electron chi connectivity index (χ3n) is 6.64. The number of carboxylic acids is 1. The van der Waals surface area contributed by atoms with E-state index in [1.54, 1.807) is 0 Å². The molecule has 0 radical (unpaired) electrons. The number of carbonyl (C=O) groups is 2. The second-order valence-corrected chi connectivity index (χ2v) is 8.91. The lowest BCUT2D eigenvalue weighted by Gasteiger charge is -2.38. The Kier molecular flexibility index (Phi) is 6.98. The van der Waals surface area contributed by atoms with Crippen LogP contribution in [-0.2, 0) is 16.1 Å². The van der Waals surface area contributed by atoms with Crippen LogP contribution in [0.3, 0.4) is 0 Å². The molecule has 174 valence electrons. The molecule has 3 aliphatic rings. The summed E-state index contributed by atoms with van der Waals surface area (Å²) in [5.41, 5.74) is 2.08. The summed E-state index contributed by atoms with van der Waals surface area (Å²) in [7, 11) is 0. The van der Waals surface area contributed by atoms with Crippen molar-refractivity contribution in [3.63, 3.8) is 0 Å². The predicted octanol–water partition coefficient (Wildman–Crippen LogP) is 3.68. The van der Waals surface area contributed by atoms with Crippen LogP contribution < -0.4 is 0 Å². The number of halogens is 3. The van der Waals surface area contributed by atoms with E-state index in [1.807, 2.05) is 13.8 Å². The minimum absolute atomic E-state index is 0.0610. The molecule has 1 atom stereocenters. The van der Waals surface area contributed by atoms with E-state index in [1.165, 1.54) is 32.4 Å². The molecule has 1 N–H and O–H groups in total. The smallest absolute Gasteiger partial charge is 0.475 e. The Labute approximate surface area is 179 Å². The Morgan fingerprint density at radius 2 is 1.90 bits per heavy atom. The molecule has 1 saturated carbocycles. The Hall–Kier alpha value is -2.10. The number of aliphatic carboxylic acids is 1. The van der Waals surface area contributed by atoms with Gasteiger partial charge in [0.05, 0.1) is 12.2 Å². The maximum absolute atomic E-state index is 12.6. The molecule has 10 heteroatoms. The molecule has 4 rings (SSSR count). The quantitative estimate of drug-likeness (QED) is 0.761. The molecule has 1 amide bonds. The average Bonchev–Trinajstić information content (AvgIpc) is 3.42. The van der Waals surface area contributed by atoms with Gasteiger partial charge in [-0.25, -0.2) is 4.79 Å². The van der Waals surface area contributed by atoms with Crippen molar-refractivity contribution < 1.29 is 32.4 Å². The highest BCUT2D eigenvalue weighted by Gasteiger charge is 2.46. The molecule has 0 aromatic carbocycles. The van der Waals surface area contributed by atoms with Gasteiger partial charge in [0.25, 0.3) is 0 Å². The second-order valence-electron chi connectivity index (χ2n) is 8.91. The van der Waals surface area contributed by atoms with Crippen LogP contribution in [0.5, 0.6) is 0 Å². The molecule has 3 fully saturated rings. The predicted molar refractivity (Wildman–Crippen MR) is 105 cm³/mol. The van der Waals surface area contributed by atoms with Gasteiger partial charge in [-0.05, 0) is 64.8 Å². The number of rotatable bonds is 4. The van der Waals surface area contributed by atoms with E-state index in [4.69, 9.17) is 14.4 Å². The van der Waals surface area contributed by atoms with Crippen LogP contribution in [0.1, 0.15) is 62.0 Å². The summed E-state index contributed by atoms with van der Waals surface area (Å²) in [4.78, 5) is 26.3. The third kappa shape index (κ3) is 5.78. The molecule has 1 aromatic heterocycles. The second kappa shape index (κ2) is 9.18. The van der Waals surface area contributed by atoms with Crippen LogP contribution in [-0.4, -0.2) is 63.3 Å². The van der Waals surface area contributed by atoms with E-state index in [2.05, 4.69) is 15.0 Å². The fourth-order valence-corrected chi connectivity index (χ4v) is 4.62. The Balaban J connectivity index is 0.000000339. The number of aromatic nitrogens is 1. The van der Waals surface area contributed by atoms with Crippen LogP contribution >= 0.6 is 0 Å². The number of alkyl halides is 3. The van der Waals surface area contributed by atoms with E-state index >= 15 is 0 Å². The lowest BCUT2D eigenvalue weighted by atomic mass is 9.87. The van der Waals surface area contributed by atoms with Crippen LogP contribution in [0, 0.1) is 19.8 Å². The summed E-state index contributed by atoms with van der Waals surface area (Å²) in [5, 5.41) is 11.2. The van der Waals surface area contributed by atoms with E-state index in [-0.39, 0.29) is 5.54 Å². The van der Waals surface area contributed by atoms with Gasteiger partial charge >= 0.3 is 12.1 Å². The highest BCUT2D eigenvalue weighted by atomic mass is 19.4. The van der Waals surface area contributed by atoms with Gasteiger partial charge in [-0.3, -0.25) is 4.79 Å². The minimum Gasteiger partial charge on any atom is -0.475 e. The maximum atomic E-state index is 12.6. The van der Waals surface area contributed by atoms with E-state index in [9.17, 15) is 18.0 Å². The van der Waals surface area contributed by atoms with Crippen LogP contribution in [0.4, 0.5) is 13.2 Å². The molecule has 1 spiro atoms. The fourth-order valence-electron chi connectivity index (χ4n) is 4.62. The van der Waals surface area contributed by atoms with Crippen molar-refractivity contribution in [2.24, 2.45) is 5.92 Å². The molecular formula is C21H30F3N3O4. The molecular weight excluding hydrogens is 415 g/mol. The first-order valence-corrected chi connectivity index (χ1v) is 10.8. The van der Waals surface area contributed by atoms with E-state index in [0.29, 0.717) is 18.9 Å². The van der Waals surface area contributed by atoms with Gasteiger partial charge < -0.3 is 19.4 Å². The van der Waals surface area contributed by atoms with Gasteiger partial charge in [0.2, 0.25) is 5.91 Å². The lowest BCUT2D eigenvalue weighted by molar-refractivity contribution is -0.192. The molecule has 7 nitrogen and oxygen atoms in total. The number of aryl methyl sites for hydroxylation is 2. The van der Waals surface area contributed by atoms with Gasteiger partial charge in [-0.2, -0.15) is 13.2 Å². The zero-order valence-corrected chi connectivity index (χ0v) is 18.0. The molecule has 1 unspecified atom stereocenters. The van der Waals surface area contributed by atoms with Gasteiger partial charge in [0.1, 0.15) is 5.76 Å². The van der Waals surface area contributed by atoms with Gasteiger partial charge in [-0.15, -0.1) is 0 Å². The van der Waals surface area contributed by atoms with Crippen molar-refractivity contribution in [2.45, 2.75) is 77.1 Å². The van der Waals surface area contributed by atoms with Crippen LogP contribution in [0.2, 0.25) is 0 Å². The van der Waals surface area contributed by atoms with Crippen molar-refractivity contribution >= 4 is 11.9 Å². The molecule has 31 heavy (non-hydrogen) atoms. The normalized spacial score (nSPS) is 24.8. The zero-order valence-electron chi connectivity index (χ0n) is 18.0. The number of amides is 1. The average molecular weight is 445 g/mol. The van der Waals surface area contributed by atoms with Crippen molar-refractivity contribution in [1.29, 1.82) is 0 Å². The summed E-state index contributed by atoms with van der Waals surface area (Å²) in [6, 6.07) is 0. The summed E-state index contributed by atoms with van der Waals surface area (Å²) in [6.07, 6.45) is 2.94. The molecule has 0 bridgehead atoms. The summed E-state index contributed by atoms with van der Waals surface area (Å²) in [5.74, 6) is -0.646. The number of likely N-dealkylation sites (tertiary alicyclic amines) is 2. The van der Waals surface area contributed by atoms with Gasteiger partial charge in [0, 0.05) is 30.6 Å². The lowest BCUT2D eigenvalue weighted by Crippen LogP contribution is -2.46. The minimum atomic E-state index is -5.08. The first-order valence-electron chi connectivity index (χ1n) is 10.8. The highest BCUT2D eigenvalue weighted by molar-refractivity contribution is 5.79. The highest BCUT2D eigenvalue weighted by Crippen LogP contribution is 2.41. The number of carboxylic acid groups (broad SMARTS) is 1. The number of carbonyl (C=O) groups excluding carboxylic acids is 1. The molecule has 2 aliphatic heterocycles. The summed E-state index contributed by atoms with van der Waals surface area (Å²) in [6.45, 7) is 8.21. The SMILES string of the molecule is Cc1noc(C)c1CN1C(=O)CCC12CCCN(CC1CC1)CC2.O=C(O)C(F)(F)F. The summed E-state index contributed by atoms with van der Waals surface area (Å²) >= 11 is 0. The third-order valence-corrected chi connectivity index (χ3v) is 6.64. The molecule has 3 heterocycles. The maximum Gasteiger partial charge on any atom is 0.490 e. The number of nitrogens with zero attached hydrogens (tertiary/aromatic N) is 3. The van der Waals surface area contributed by atoms with Crippen molar-refractivity contribution in [1.82, 2.24) is 15.0 Å².